The van der Waals surface area contributed by atoms with Gasteiger partial charge in [0.05, 0.1) is 22.8 Å². The van der Waals surface area contributed by atoms with Crippen LogP contribution in [0.4, 0.5) is 17.3 Å². The molecule has 0 unspecified atom stereocenters. The number of fused-ring (bicyclic) bond motifs is 4. The molecule has 0 saturated heterocycles. The van der Waals surface area contributed by atoms with E-state index in [0.29, 0.717) is 56.4 Å². The average Bonchev–Trinajstić information content (AvgIpc) is 3.87. The fourth-order valence-corrected chi connectivity index (χ4v) is 7.73. The van der Waals surface area contributed by atoms with E-state index in [1.54, 1.807) is 26.0 Å². The number of aromatic nitrogens is 2. The van der Waals surface area contributed by atoms with Crippen LogP contribution in [0.3, 0.4) is 0 Å². The molecule has 5 aromatic carbocycles. The van der Waals surface area contributed by atoms with E-state index >= 15 is 0 Å². The fourth-order valence-electron chi connectivity index (χ4n) is 7.73. The Labute approximate surface area is 298 Å². The molecule has 0 fully saturated rings. The van der Waals surface area contributed by atoms with Crippen LogP contribution in [0.1, 0.15) is 56.2 Å². The smallest absolute Gasteiger partial charge is 0.341 e. The summed E-state index contributed by atoms with van der Waals surface area (Å²) in [6.45, 7) is 3.41. The number of halogens is 4. The van der Waals surface area contributed by atoms with Crippen LogP contribution in [-0.2, 0) is 0 Å². The van der Waals surface area contributed by atoms with E-state index in [0.717, 1.165) is 53.1 Å². The van der Waals surface area contributed by atoms with Gasteiger partial charge in [-0.1, -0.05) is 109 Å². The Hall–Kier alpha value is -6.15. The van der Waals surface area contributed by atoms with Crippen molar-refractivity contribution in [2.24, 2.45) is 9.98 Å². The fraction of sp³-hybridized carbons (Fsp3) is 0.0476. The van der Waals surface area contributed by atoms with Gasteiger partial charge in [-0.2, -0.15) is 0 Å². The first-order chi connectivity index (χ1) is 25.3. The highest BCUT2D eigenvalue weighted by Crippen LogP contribution is 2.42. The summed E-state index contributed by atoms with van der Waals surface area (Å²) in [7, 11) is -5.51. The van der Waals surface area contributed by atoms with Crippen molar-refractivity contribution in [1.29, 1.82) is 0 Å². The summed E-state index contributed by atoms with van der Waals surface area (Å²) in [5.74, 6) is 0. The van der Waals surface area contributed by atoms with Gasteiger partial charge in [0.25, 0.3) is 0 Å². The highest BCUT2D eigenvalue weighted by atomic mass is 19.2. The molecule has 0 atom stereocenters. The molecule has 9 rings (SSSR count). The predicted molar refractivity (Wildman–Crippen MR) is 206 cm³/mol. The number of aryl methyl sites for hydroxylation is 2. The Kier molecular flexibility index (Phi) is 7.50. The molecule has 0 spiro atoms. The van der Waals surface area contributed by atoms with Crippen molar-refractivity contribution in [1.82, 2.24) is 8.96 Å². The maximum absolute atomic E-state index is 14.7. The molecule has 4 heterocycles. The molecule has 2 radical (unpaired) electrons. The van der Waals surface area contributed by atoms with Crippen molar-refractivity contribution in [2.75, 3.05) is 0 Å². The quantitative estimate of drug-likeness (QED) is 0.123. The molecule has 0 bridgehead atoms. The third kappa shape index (κ3) is 4.93. The van der Waals surface area contributed by atoms with E-state index in [1.807, 2.05) is 121 Å². The van der Waals surface area contributed by atoms with Crippen LogP contribution in [0, 0.1) is 13.8 Å². The topological polar surface area (TPSA) is 34.6 Å². The van der Waals surface area contributed by atoms with E-state index in [-0.39, 0.29) is 0 Å². The summed E-state index contributed by atoms with van der Waals surface area (Å²) in [6, 6.07) is 38.3. The maximum Gasteiger partial charge on any atom is 0.341 e. The van der Waals surface area contributed by atoms with Crippen molar-refractivity contribution in [3.63, 3.8) is 0 Å². The summed E-state index contributed by atoms with van der Waals surface area (Å²) >= 11 is 0. The van der Waals surface area contributed by atoms with Gasteiger partial charge >= 0.3 is 14.8 Å². The number of aliphatic imine (C=N–C) groups is 2. The molecule has 252 valence electrons. The third-order valence-electron chi connectivity index (χ3n) is 10.1. The Morgan fingerprint density at radius 2 is 0.808 bits per heavy atom. The van der Waals surface area contributed by atoms with Gasteiger partial charge in [0.2, 0.25) is 0 Å². The molecule has 2 aromatic heterocycles. The first-order valence-electron chi connectivity index (χ1n) is 17.0. The highest BCUT2D eigenvalue weighted by Gasteiger charge is 2.30. The first kappa shape index (κ1) is 31.8. The minimum atomic E-state index is -2.76. The van der Waals surface area contributed by atoms with Crippen LogP contribution in [0.25, 0.3) is 45.1 Å². The molecule has 2 aliphatic rings. The van der Waals surface area contributed by atoms with E-state index in [9.17, 15) is 17.3 Å². The Balaban J connectivity index is 1.32. The lowest BCUT2D eigenvalue weighted by atomic mass is 9.90. The van der Waals surface area contributed by atoms with Crippen LogP contribution in [-0.4, -0.2) is 35.2 Å². The summed E-state index contributed by atoms with van der Waals surface area (Å²) < 4.78 is 60.9. The highest BCUT2D eigenvalue weighted by molar-refractivity contribution is 6.43. The van der Waals surface area contributed by atoms with Crippen LogP contribution in [0.15, 0.2) is 131 Å². The summed E-state index contributed by atoms with van der Waals surface area (Å²) in [6.07, 6.45) is 3.50. The minimum Gasteiger partial charge on any atom is -0.488 e. The molecule has 2 aliphatic heterocycles. The van der Waals surface area contributed by atoms with Gasteiger partial charge in [-0.15, -0.1) is 0 Å². The van der Waals surface area contributed by atoms with Gasteiger partial charge < -0.3 is 26.2 Å². The Morgan fingerprint density at radius 1 is 0.462 bits per heavy atom. The zero-order valence-electron chi connectivity index (χ0n) is 28.2. The Bertz CT molecular complexity index is 2520. The van der Waals surface area contributed by atoms with Crippen molar-refractivity contribution in [3.05, 3.63) is 177 Å². The Morgan fingerprint density at radius 3 is 1.17 bits per heavy atom. The predicted octanol–water partition coefficient (Wildman–Crippen LogP) is 10.5. The van der Waals surface area contributed by atoms with Gasteiger partial charge in [-0.25, -0.2) is 9.98 Å². The van der Waals surface area contributed by atoms with Crippen LogP contribution in [0.5, 0.6) is 0 Å². The number of rotatable bonds is 6. The molecule has 4 nitrogen and oxygen atoms in total. The monoisotopic (exact) mass is 686 g/mol. The van der Waals surface area contributed by atoms with E-state index in [1.165, 1.54) is 0 Å². The second-order valence-electron chi connectivity index (χ2n) is 13.0. The molecular weight excluding hydrogens is 658 g/mol. The zero-order valence-corrected chi connectivity index (χ0v) is 28.2. The van der Waals surface area contributed by atoms with Crippen LogP contribution in [0.2, 0.25) is 0 Å². The number of hydrogen-bond acceptors (Lipinski definition) is 2. The molecule has 0 aliphatic carbocycles. The van der Waals surface area contributed by atoms with Crippen molar-refractivity contribution in [3.8, 4) is 0 Å². The lowest BCUT2D eigenvalue weighted by Gasteiger charge is -2.19. The number of hydrogen-bond donors (Lipinski definition) is 0. The van der Waals surface area contributed by atoms with E-state index in [4.69, 9.17) is 9.98 Å². The zero-order chi connectivity index (χ0) is 35.7. The third-order valence-corrected chi connectivity index (χ3v) is 10.1. The van der Waals surface area contributed by atoms with E-state index in [2.05, 4.69) is 0 Å². The SMILES string of the molecule is Cc1c2ccccc2c(/C=C2\N=C(c3ccccc3)c3cc4c(cc32)C(c2ccccc2)=N/C4=C\c2c3ccccc3c(C)n2[B-](F)F)n1[B-](F)F. The molecule has 0 saturated carbocycles. The van der Waals surface area contributed by atoms with Gasteiger partial charge in [0.15, 0.2) is 0 Å². The standard InChI is InChI=1S/C42H28B2F4N4/c1-25-29-17-9-11-19-31(29)39(51(25)43(45)46)23-37-33-21-36-34(22-35(33)41(49-37)27-13-5-3-6-14-27)38(50-42(36)28-15-7-4-8-16-28)24-40-32-20-12-10-18-30(32)26(2)52(40)44(47)48/h3-24H,1-2H3/q-2/b37-23-,38-24-. The van der Waals surface area contributed by atoms with Crippen molar-refractivity contribution >= 4 is 71.3 Å². The molecule has 52 heavy (non-hydrogen) atoms. The second kappa shape index (κ2) is 12.3. The molecule has 7 aromatic rings. The van der Waals surface area contributed by atoms with Crippen molar-refractivity contribution < 1.29 is 17.3 Å². The molecular formula is C42H28B2F4N4-2. The molecule has 10 heteroatoms. The molecule has 0 N–H and O–H groups in total. The van der Waals surface area contributed by atoms with Gasteiger partial charge in [0, 0.05) is 55.5 Å². The summed E-state index contributed by atoms with van der Waals surface area (Å²) in [5.41, 5.74) is 8.99. The maximum atomic E-state index is 14.7. The van der Waals surface area contributed by atoms with Crippen molar-refractivity contribution in [2.45, 2.75) is 13.8 Å². The summed E-state index contributed by atoms with van der Waals surface area (Å²) in [5, 5.41) is 2.91. The van der Waals surface area contributed by atoms with Crippen LogP contribution >= 0.6 is 0 Å². The lowest BCUT2D eigenvalue weighted by molar-refractivity contribution is 0.624. The lowest BCUT2D eigenvalue weighted by Crippen LogP contribution is -2.16. The number of benzene rings is 5. The first-order valence-corrected chi connectivity index (χ1v) is 17.0. The minimum absolute atomic E-state index is 0.371. The summed E-state index contributed by atoms with van der Waals surface area (Å²) in [4.78, 5) is 10.2. The van der Waals surface area contributed by atoms with Gasteiger partial charge in [0.1, 0.15) is 0 Å². The largest absolute Gasteiger partial charge is 0.488 e. The van der Waals surface area contributed by atoms with Gasteiger partial charge in [-0.3, -0.25) is 0 Å². The van der Waals surface area contributed by atoms with Crippen LogP contribution < -0.4 is 0 Å². The second-order valence-corrected chi connectivity index (χ2v) is 13.0. The normalized spacial score (nSPS) is 15.4. The average molecular weight is 686 g/mol. The van der Waals surface area contributed by atoms with Gasteiger partial charge in [-0.05, 0) is 60.3 Å². The number of nitrogens with zero attached hydrogens (tertiary/aromatic N) is 4. The molecule has 0 amide bonds. The van der Waals surface area contributed by atoms with E-state index < -0.39 is 14.8 Å².